The normalized spacial score (nSPS) is 15.5. The minimum absolute atomic E-state index is 0.0381. The van der Waals surface area contributed by atoms with Gasteiger partial charge in [-0.1, -0.05) is 30.3 Å². The number of amides is 1. The molecule has 0 unspecified atom stereocenters. The van der Waals surface area contributed by atoms with Crippen molar-refractivity contribution in [2.45, 2.75) is 25.8 Å². The quantitative estimate of drug-likeness (QED) is 0.812. The van der Waals surface area contributed by atoms with Crippen molar-refractivity contribution in [2.24, 2.45) is 0 Å². The molecule has 0 saturated carbocycles. The van der Waals surface area contributed by atoms with Gasteiger partial charge in [0.25, 0.3) is 5.56 Å². The van der Waals surface area contributed by atoms with Crippen LogP contribution in [-0.4, -0.2) is 58.0 Å². The Morgan fingerprint density at radius 2 is 1.81 bits per heavy atom. The summed E-state index contributed by atoms with van der Waals surface area (Å²) in [7, 11) is 0. The van der Waals surface area contributed by atoms with Crippen molar-refractivity contribution in [3.63, 3.8) is 0 Å². The van der Waals surface area contributed by atoms with Crippen LogP contribution in [0.5, 0.6) is 0 Å². The second-order valence-corrected chi connectivity index (χ2v) is 6.90. The van der Waals surface area contributed by atoms with Crippen molar-refractivity contribution >= 4 is 5.91 Å². The standard InChI is InChI=1S/C20H26N4O3/c25-18-9-13-24(20(27)21-18)16-19(26)23-12-5-11-22(14-15-23)10-4-8-17-6-2-1-3-7-17/h1-3,6-7,9,13H,4-5,8,10-12,14-16H2,(H,21,25,27). The van der Waals surface area contributed by atoms with Gasteiger partial charge in [-0.15, -0.1) is 0 Å². The Morgan fingerprint density at radius 1 is 1.00 bits per heavy atom. The maximum atomic E-state index is 12.5. The molecule has 0 atom stereocenters. The van der Waals surface area contributed by atoms with Gasteiger partial charge in [0.1, 0.15) is 6.54 Å². The molecule has 0 radical (unpaired) electrons. The molecule has 2 heterocycles. The zero-order valence-corrected chi connectivity index (χ0v) is 15.5. The van der Waals surface area contributed by atoms with E-state index in [9.17, 15) is 14.4 Å². The lowest BCUT2D eigenvalue weighted by atomic mass is 10.1. The number of nitrogens with one attached hydrogen (secondary N) is 1. The van der Waals surface area contributed by atoms with Gasteiger partial charge in [-0.05, 0) is 37.9 Å². The molecular weight excluding hydrogens is 344 g/mol. The molecule has 1 aromatic heterocycles. The lowest BCUT2D eigenvalue weighted by molar-refractivity contribution is -0.131. The number of nitrogens with zero attached hydrogens (tertiary/aromatic N) is 3. The molecule has 3 rings (SSSR count). The van der Waals surface area contributed by atoms with Gasteiger partial charge in [-0.3, -0.25) is 19.1 Å². The van der Waals surface area contributed by atoms with E-state index in [2.05, 4.69) is 34.1 Å². The highest BCUT2D eigenvalue weighted by atomic mass is 16.2. The Bertz CT molecular complexity index is 859. The Hall–Kier alpha value is -2.67. The highest BCUT2D eigenvalue weighted by molar-refractivity contribution is 5.76. The molecular formula is C20H26N4O3. The van der Waals surface area contributed by atoms with E-state index in [0.717, 1.165) is 38.9 Å². The summed E-state index contributed by atoms with van der Waals surface area (Å²) in [5.41, 5.74) is 0.355. The first-order valence-corrected chi connectivity index (χ1v) is 9.45. The predicted octanol–water partition coefficient (Wildman–Crippen LogP) is 0.704. The largest absolute Gasteiger partial charge is 0.340 e. The Morgan fingerprint density at radius 3 is 2.59 bits per heavy atom. The lowest BCUT2D eigenvalue weighted by Gasteiger charge is -2.22. The van der Waals surface area contributed by atoms with E-state index in [1.54, 1.807) is 0 Å². The van der Waals surface area contributed by atoms with Crippen molar-refractivity contribution in [3.8, 4) is 0 Å². The first kappa shape index (κ1) is 19.1. The molecule has 2 aromatic rings. The van der Waals surface area contributed by atoms with E-state index in [1.165, 1.54) is 22.4 Å². The summed E-state index contributed by atoms with van der Waals surface area (Å²) in [4.78, 5) is 41.8. The molecule has 1 amide bonds. The van der Waals surface area contributed by atoms with Gasteiger partial charge in [0.05, 0.1) is 0 Å². The van der Waals surface area contributed by atoms with E-state index in [0.29, 0.717) is 13.1 Å². The number of aromatic amines is 1. The molecule has 1 fully saturated rings. The fourth-order valence-corrected chi connectivity index (χ4v) is 3.41. The number of rotatable bonds is 6. The van der Waals surface area contributed by atoms with Gasteiger partial charge in [0.2, 0.25) is 5.91 Å². The van der Waals surface area contributed by atoms with Crippen LogP contribution in [0.1, 0.15) is 18.4 Å². The van der Waals surface area contributed by atoms with Gasteiger partial charge in [-0.25, -0.2) is 4.79 Å². The smallest absolute Gasteiger partial charge is 0.328 e. The Labute approximate surface area is 158 Å². The highest BCUT2D eigenvalue weighted by Crippen LogP contribution is 2.07. The van der Waals surface area contributed by atoms with Crippen LogP contribution in [0.2, 0.25) is 0 Å². The molecule has 1 saturated heterocycles. The zero-order valence-electron chi connectivity index (χ0n) is 15.5. The highest BCUT2D eigenvalue weighted by Gasteiger charge is 2.19. The summed E-state index contributed by atoms with van der Waals surface area (Å²) in [5.74, 6) is -0.0877. The van der Waals surface area contributed by atoms with Crippen molar-refractivity contribution in [2.75, 3.05) is 32.7 Å². The van der Waals surface area contributed by atoms with Crippen molar-refractivity contribution in [3.05, 3.63) is 69.0 Å². The summed E-state index contributed by atoms with van der Waals surface area (Å²) in [6.07, 6.45) is 4.46. The van der Waals surface area contributed by atoms with E-state index < -0.39 is 11.2 Å². The van der Waals surface area contributed by atoms with Gasteiger partial charge >= 0.3 is 5.69 Å². The molecule has 1 aliphatic rings. The number of benzene rings is 1. The minimum atomic E-state index is -0.548. The third-order valence-corrected chi connectivity index (χ3v) is 4.93. The first-order valence-electron chi connectivity index (χ1n) is 9.45. The monoisotopic (exact) mass is 370 g/mol. The van der Waals surface area contributed by atoms with Crippen molar-refractivity contribution in [1.82, 2.24) is 19.4 Å². The number of aryl methyl sites for hydroxylation is 1. The third kappa shape index (κ3) is 5.65. The fraction of sp³-hybridized carbons (Fsp3) is 0.450. The summed E-state index contributed by atoms with van der Waals surface area (Å²) >= 11 is 0. The molecule has 1 N–H and O–H groups in total. The van der Waals surface area contributed by atoms with Crippen molar-refractivity contribution < 1.29 is 4.79 Å². The van der Waals surface area contributed by atoms with Crippen molar-refractivity contribution in [1.29, 1.82) is 0 Å². The average molecular weight is 370 g/mol. The van der Waals surface area contributed by atoms with Gasteiger partial charge in [-0.2, -0.15) is 0 Å². The second kappa shape index (κ2) is 9.32. The summed E-state index contributed by atoms with van der Waals surface area (Å²) in [6, 6.07) is 11.7. The zero-order chi connectivity index (χ0) is 19.1. The molecule has 0 spiro atoms. The van der Waals surface area contributed by atoms with E-state index in [4.69, 9.17) is 0 Å². The number of hydrogen-bond acceptors (Lipinski definition) is 4. The van der Waals surface area contributed by atoms with Crippen LogP contribution in [0.3, 0.4) is 0 Å². The maximum Gasteiger partial charge on any atom is 0.328 e. The number of hydrogen-bond donors (Lipinski definition) is 1. The maximum absolute atomic E-state index is 12.5. The average Bonchev–Trinajstić information content (AvgIpc) is 2.91. The van der Waals surface area contributed by atoms with E-state index >= 15 is 0 Å². The summed E-state index contributed by atoms with van der Waals surface area (Å²) in [6.45, 7) is 4.19. The molecule has 1 aromatic carbocycles. The summed E-state index contributed by atoms with van der Waals surface area (Å²) in [5, 5.41) is 0. The number of H-pyrrole nitrogens is 1. The van der Waals surface area contributed by atoms with Crippen LogP contribution in [0.15, 0.2) is 52.2 Å². The molecule has 7 heteroatoms. The lowest BCUT2D eigenvalue weighted by Crippen LogP contribution is -2.40. The first-order chi connectivity index (χ1) is 13.1. The Balaban J connectivity index is 1.46. The third-order valence-electron chi connectivity index (χ3n) is 4.93. The van der Waals surface area contributed by atoms with Crippen LogP contribution in [0, 0.1) is 0 Å². The topological polar surface area (TPSA) is 78.4 Å². The molecule has 1 aliphatic heterocycles. The van der Waals surface area contributed by atoms with Crippen LogP contribution in [0.4, 0.5) is 0 Å². The summed E-state index contributed by atoms with van der Waals surface area (Å²) < 4.78 is 1.24. The minimum Gasteiger partial charge on any atom is -0.340 e. The van der Waals surface area contributed by atoms with Gasteiger partial charge in [0.15, 0.2) is 0 Å². The number of aromatic nitrogens is 2. The van der Waals surface area contributed by atoms with Crippen LogP contribution >= 0.6 is 0 Å². The molecule has 7 nitrogen and oxygen atoms in total. The molecule has 27 heavy (non-hydrogen) atoms. The fourth-order valence-electron chi connectivity index (χ4n) is 3.41. The van der Waals surface area contributed by atoms with Crippen LogP contribution < -0.4 is 11.2 Å². The van der Waals surface area contributed by atoms with E-state index in [1.807, 2.05) is 11.0 Å². The molecule has 0 bridgehead atoms. The van der Waals surface area contributed by atoms with Crippen LogP contribution in [0.25, 0.3) is 0 Å². The van der Waals surface area contributed by atoms with Crippen LogP contribution in [-0.2, 0) is 17.8 Å². The predicted molar refractivity (Wildman–Crippen MR) is 104 cm³/mol. The molecule has 144 valence electrons. The van der Waals surface area contributed by atoms with E-state index in [-0.39, 0.29) is 12.5 Å². The van der Waals surface area contributed by atoms with Gasteiger partial charge < -0.3 is 9.80 Å². The second-order valence-electron chi connectivity index (χ2n) is 6.90. The number of carbonyl (C=O) groups is 1. The van der Waals surface area contributed by atoms with Gasteiger partial charge in [0, 0.05) is 31.9 Å². The number of carbonyl (C=O) groups excluding carboxylic acids is 1. The SMILES string of the molecule is O=C(Cn1ccc(=O)[nH]c1=O)N1CCCN(CCCc2ccccc2)CC1. The molecule has 0 aliphatic carbocycles. The Kier molecular flexibility index (Phi) is 6.59.